The fourth-order valence-corrected chi connectivity index (χ4v) is 4.91. The predicted octanol–water partition coefficient (Wildman–Crippen LogP) is 3.17. The van der Waals surface area contributed by atoms with Crippen molar-refractivity contribution in [1.29, 1.82) is 0 Å². The quantitative estimate of drug-likeness (QED) is 0.880. The highest BCUT2D eigenvalue weighted by Crippen LogP contribution is 2.49. The molecule has 144 valence electrons. The number of aromatic nitrogens is 2. The van der Waals surface area contributed by atoms with Crippen molar-refractivity contribution in [1.82, 2.24) is 14.9 Å². The van der Waals surface area contributed by atoms with Gasteiger partial charge in [0.25, 0.3) is 0 Å². The highest BCUT2D eigenvalue weighted by molar-refractivity contribution is 5.33. The zero-order chi connectivity index (χ0) is 18.9. The molecule has 2 fully saturated rings. The van der Waals surface area contributed by atoms with E-state index in [1.54, 1.807) is 7.11 Å². The zero-order valence-corrected chi connectivity index (χ0v) is 16.3. The second kappa shape index (κ2) is 7.56. The summed E-state index contributed by atoms with van der Waals surface area (Å²) in [6.45, 7) is 4.75. The average molecular weight is 367 g/mol. The second-order valence-corrected chi connectivity index (χ2v) is 7.93. The van der Waals surface area contributed by atoms with E-state index in [0.717, 1.165) is 61.6 Å². The van der Waals surface area contributed by atoms with E-state index in [0.29, 0.717) is 0 Å². The van der Waals surface area contributed by atoms with Crippen LogP contribution in [0.2, 0.25) is 0 Å². The van der Waals surface area contributed by atoms with Crippen molar-refractivity contribution >= 4 is 0 Å². The lowest BCUT2D eigenvalue weighted by molar-refractivity contribution is -0.148. The van der Waals surface area contributed by atoms with Crippen LogP contribution in [0.4, 0.5) is 0 Å². The van der Waals surface area contributed by atoms with Gasteiger partial charge < -0.3 is 9.84 Å². The summed E-state index contributed by atoms with van der Waals surface area (Å²) >= 11 is 0. The summed E-state index contributed by atoms with van der Waals surface area (Å²) in [7, 11) is 1.67. The molecule has 1 aromatic heterocycles. The molecular formula is C22H29N3O2. The minimum atomic E-state index is -0.733. The van der Waals surface area contributed by atoms with Crippen LogP contribution >= 0.6 is 0 Å². The molecule has 1 saturated heterocycles. The molecule has 27 heavy (non-hydrogen) atoms. The molecule has 2 heterocycles. The predicted molar refractivity (Wildman–Crippen MR) is 104 cm³/mol. The fourth-order valence-electron chi connectivity index (χ4n) is 4.91. The molecule has 1 aliphatic carbocycles. The molecule has 0 spiro atoms. The van der Waals surface area contributed by atoms with Crippen LogP contribution in [0.3, 0.4) is 0 Å². The maximum Gasteiger partial charge on any atom is 0.127 e. The van der Waals surface area contributed by atoms with Gasteiger partial charge in [0, 0.05) is 55.8 Å². The molecule has 2 aliphatic rings. The number of aryl methyl sites for hydroxylation is 1. The Hall–Kier alpha value is -1.98. The Labute approximate surface area is 161 Å². The Balaban J connectivity index is 1.52. The maximum atomic E-state index is 11.7. The fraction of sp³-hybridized carbons (Fsp3) is 0.545. The topological polar surface area (TPSA) is 58.5 Å². The third-order valence-corrected chi connectivity index (χ3v) is 6.34. The normalized spacial score (nSPS) is 28.1. The zero-order valence-electron chi connectivity index (χ0n) is 16.3. The molecule has 0 radical (unpaired) electrons. The van der Waals surface area contributed by atoms with Crippen molar-refractivity contribution in [2.75, 3.05) is 20.2 Å². The van der Waals surface area contributed by atoms with Crippen molar-refractivity contribution < 1.29 is 9.84 Å². The number of aliphatic hydroxyl groups is 1. The number of piperidine rings is 1. The molecule has 0 unspecified atom stereocenters. The van der Waals surface area contributed by atoms with Gasteiger partial charge >= 0.3 is 0 Å². The first-order chi connectivity index (χ1) is 13.1. The van der Waals surface area contributed by atoms with E-state index in [9.17, 15) is 5.11 Å². The van der Waals surface area contributed by atoms with Gasteiger partial charge in [-0.3, -0.25) is 4.90 Å². The van der Waals surface area contributed by atoms with Gasteiger partial charge in [-0.2, -0.15) is 0 Å². The summed E-state index contributed by atoms with van der Waals surface area (Å²) in [5.41, 5.74) is 1.46. The van der Waals surface area contributed by atoms with Gasteiger partial charge in [0.2, 0.25) is 0 Å². The molecule has 5 nitrogen and oxygen atoms in total. The number of rotatable bonds is 5. The average Bonchev–Trinajstić information content (AvgIpc) is 2.69. The molecule has 1 saturated carbocycles. The molecule has 1 aliphatic heterocycles. The molecule has 0 amide bonds. The molecule has 4 rings (SSSR count). The number of fused-ring (bicyclic) bond motifs is 2. The van der Waals surface area contributed by atoms with E-state index < -0.39 is 5.60 Å². The number of likely N-dealkylation sites (tertiary alicyclic amines) is 1. The second-order valence-electron chi connectivity index (χ2n) is 7.93. The van der Waals surface area contributed by atoms with Gasteiger partial charge in [-0.25, -0.2) is 9.97 Å². The van der Waals surface area contributed by atoms with E-state index in [1.807, 2.05) is 36.7 Å². The Morgan fingerprint density at radius 2 is 1.74 bits per heavy atom. The summed E-state index contributed by atoms with van der Waals surface area (Å²) in [4.78, 5) is 11.3. The molecule has 2 bridgehead atoms. The third-order valence-electron chi connectivity index (χ3n) is 6.34. The van der Waals surface area contributed by atoms with Crippen molar-refractivity contribution in [3.05, 3.63) is 53.6 Å². The summed E-state index contributed by atoms with van der Waals surface area (Å²) in [5, 5.41) is 11.7. The molecule has 2 atom stereocenters. The van der Waals surface area contributed by atoms with Crippen LogP contribution in [0.1, 0.15) is 43.1 Å². The van der Waals surface area contributed by atoms with Crippen molar-refractivity contribution in [2.45, 2.75) is 44.8 Å². The lowest BCUT2D eigenvalue weighted by Crippen LogP contribution is -2.57. The monoisotopic (exact) mass is 367 g/mol. The number of methoxy groups -OCH3 is 1. The van der Waals surface area contributed by atoms with Crippen LogP contribution in [0, 0.1) is 11.8 Å². The van der Waals surface area contributed by atoms with Gasteiger partial charge in [0.05, 0.1) is 12.7 Å². The third kappa shape index (κ3) is 3.46. The van der Waals surface area contributed by atoms with Crippen LogP contribution in [-0.2, 0) is 18.6 Å². The SMILES string of the molecule is CCc1ncc(CN2C[C@H]3CCC[C@H](C2)C3(O)c2ccc(OC)cc2)cn1. The van der Waals surface area contributed by atoms with Gasteiger partial charge in [0.15, 0.2) is 0 Å². The first-order valence-electron chi connectivity index (χ1n) is 10.0. The Morgan fingerprint density at radius 1 is 1.11 bits per heavy atom. The molecule has 2 aromatic rings. The van der Waals surface area contributed by atoms with Gasteiger partial charge in [0.1, 0.15) is 11.6 Å². The van der Waals surface area contributed by atoms with E-state index in [-0.39, 0.29) is 11.8 Å². The van der Waals surface area contributed by atoms with Crippen LogP contribution < -0.4 is 4.74 Å². The summed E-state index contributed by atoms with van der Waals surface area (Å²) < 4.78 is 5.28. The molecule has 1 aromatic carbocycles. The van der Waals surface area contributed by atoms with Gasteiger partial charge in [-0.1, -0.05) is 25.5 Å². The lowest BCUT2D eigenvalue weighted by Gasteiger charge is -2.53. The highest BCUT2D eigenvalue weighted by atomic mass is 16.5. The van der Waals surface area contributed by atoms with E-state index >= 15 is 0 Å². The first-order valence-corrected chi connectivity index (χ1v) is 10.0. The van der Waals surface area contributed by atoms with E-state index in [2.05, 4.69) is 21.8 Å². The van der Waals surface area contributed by atoms with Gasteiger partial charge in [-0.15, -0.1) is 0 Å². The van der Waals surface area contributed by atoms with Crippen LogP contribution in [-0.4, -0.2) is 40.2 Å². The van der Waals surface area contributed by atoms with Crippen molar-refractivity contribution in [3.8, 4) is 5.75 Å². The Morgan fingerprint density at radius 3 is 2.30 bits per heavy atom. The van der Waals surface area contributed by atoms with E-state index in [1.165, 1.54) is 6.42 Å². The first kappa shape index (κ1) is 18.4. The van der Waals surface area contributed by atoms with Gasteiger partial charge in [-0.05, 0) is 30.5 Å². The maximum absolute atomic E-state index is 11.7. The summed E-state index contributed by atoms with van der Waals surface area (Å²) in [6.07, 6.45) is 8.11. The number of hydrogen-bond acceptors (Lipinski definition) is 5. The smallest absolute Gasteiger partial charge is 0.127 e. The summed E-state index contributed by atoms with van der Waals surface area (Å²) in [5.74, 6) is 2.24. The molecule has 1 N–H and O–H groups in total. The number of ether oxygens (including phenoxy) is 1. The largest absolute Gasteiger partial charge is 0.497 e. The Kier molecular flexibility index (Phi) is 5.15. The van der Waals surface area contributed by atoms with Crippen LogP contribution in [0.25, 0.3) is 0 Å². The highest BCUT2D eigenvalue weighted by Gasteiger charge is 2.51. The van der Waals surface area contributed by atoms with Crippen LogP contribution in [0.5, 0.6) is 5.75 Å². The van der Waals surface area contributed by atoms with Crippen LogP contribution in [0.15, 0.2) is 36.7 Å². The number of hydrogen-bond donors (Lipinski definition) is 1. The Bertz CT molecular complexity index is 746. The minimum Gasteiger partial charge on any atom is -0.497 e. The van der Waals surface area contributed by atoms with E-state index in [4.69, 9.17) is 4.74 Å². The van der Waals surface area contributed by atoms with Crippen molar-refractivity contribution in [3.63, 3.8) is 0 Å². The molecular weight excluding hydrogens is 338 g/mol. The number of nitrogens with zero attached hydrogens (tertiary/aromatic N) is 3. The number of benzene rings is 1. The molecule has 5 heteroatoms. The minimum absolute atomic E-state index is 0.259. The van der Waals surface area contributed by atoms with Crippen molar-refractivity contribution in [2.24, 2.45) is 11.8 Å². The summed E-state index contributed by atoms with van der Waals surface area (Å²) in [6, 6.07) is 8.00. The standard InChI is InChI=1S/C22H29N3O2/c1-3-21-23-11-16(12-24-21)13-25-14-18-5-4-6-19(15-25)22(18,26)17-7-9-20(27-2)10-8-17/h7-12,18-19,26H,3-6,13-15H2,1-2H3/t18-,19-/m1/s1. The lowest BCUT2D eigenvalue weighted by atomic mass is 9.62.